The van der Waals surface area contributed by atoms with Crippen LogP contribution in [0.25, 0.3) is 6.08 Å². The second-order valence-corrected chi connectivity index (χ2v) is 7.80. The van der Waals surface area contributed by atoms with E-state index in [0.29, 0.717) is 11.5 Å². The minimum Gasteiger partial charge on any atom is -0.492 e. The molecule has 0 saturated carbocycles. The van der Waals surface area contributed by atoms with Gasteiger partial charge in [-0.1, -0.05) is 18.2 Å². The summed E-state index contributed by atoms with van der Waals surface area (Å²) in [6, 6.07) is 13.5. The molecule has 2 aliphatic rings. The van der Waals surface area contributed by atoms with Crippen LogP contribution in [0.1, 0.15) is 5.56 Å². The number of pyridine rings is 1. The van der Waals surface area contributed by atoms with Gasteiger partial charge in [-0.3, -0.25) is 19.8 Å². The predicted molar refractivity (Wildman–Crippen MR) is 114 cm³/mol. The summed E-state index contributed by atoms with van der Waals surface area (Å²) in [6.07, 6.45) is 3.54. The molecular weight excluding hydrogens is 388 g/mol. The topological polar surface area (TPSA) is 74.8 Å². The Bertz CT molecular complexity index is 894. The Morgan fingerprint density at radius 2 is 1.86 bits per heavy atom. The van der Waals surface area contributed by atoms with Crippen molar-refractivity contribution in [1.82, 2.24) is 15.2 Å². The van der Waals surface area contributed by atoms with Gasteiger partial charge in [0.25, 0.3) is 11.1 Å². The van der Waals surface area contributed by atoms with E-state index in [1.54, 1.807) is 6.08 Å². The number of benzene rings is 1. The van der Waals surface area contributed by atoms with Gasteiger partial charge in [0, 0.05) is 38.9 Å². The third-order valence-corrected chi connectivity index (χ3v) is 5.65. The molecule has 29 heavy (non-hydrogen) atoms. The number of rotatable bonds is 6. The molecule has 0 atom stereocenters. The number of thioether (sulfide) groups is 1. The number of piperazine rings is 1. The molecule has 0 radical (unpaired) electrons. The van der Waals surface area contributed by atoms with Gasteiger partial charge in [-0.2, -0.15) is 0 Å². The lowest BCUT2D eigenvalue weighted by Crippen LogP contribution is -2.47. The number of imide groups is 1. The Balaban J connectivity index is 1.21. The molecule has 0 bridgehead atoms. The van der Waals surface area contributed by atoms with Crippen molar-refractivity contribution in [3.05, 3.63) is 59.1 Å². The molecule has 150 valence electrons. The van der Waals surface area contributed by atoms with Gasteiger partial charge < -0.3 is 9.64 Å². The van der Waals surface area contributed by atoms with E-state index in [1.807, 2.05) is 48.7 Å². The summed E-state index contributed by atoms with van der Waals surface area (Å²) in [7, 11) is 0. The minimum absolute atomic E-state index is 0.331. The van der Waals surface area contributed by atoms with Crippen LogP contribution in [0.5, 0.6) is 5.75 Å². The van der Waals surface area contributed by atoms with Gasteiger partial charge in [0.15, 0.2) is 0 Å². The van der Waals surface area contributed by atoms with Crippen molar-refractivity contribution < 1.29 is 14.3 Å². The standard InChI is InChI=1S/C21H22N4O3S/c26-20-18(29-21(27)23-20)15-16-4-6-17(7-5-16)28-14-13-24-9-11-25(12-10-24)19-3-1-2-8-22-19/h1-8,15H,9-14H2,(H,23,26,27). The second-order valence-electron chi connectivity index (χ2n) is 6.79. The number of nitrogens with zero attached hydrogens (tertiary/aromatic N) is 3. The van der Waals surface area contributed by atoms with E-state index in [1.165, 1.54) is 0 Å². The van der Waals surface area contributed by atoms with E-state index in [0.717, 1.165) is 61.6 Å². The molecule has 7 nitrogen and oxygen atoms in total. The monoisotopic (exact) mass is 410 g/mol. The van der Waals surface area contributed by atoms with Crippen LogP contribution in [-0.2, 0) is 4.79 Å². The number of aromatic nitrogens is 1. The first-order valence-electron chi connectivity index (χ1n) is 9.53. The molecule has 0 spiro atoms. The molecule has 2 aromatic rings. The van der Waals surface area contributed by atoms with Gasteiger partial charge in [-0.25, -0.2) is 4.98 Å². The van der Waals surface area contributed by atoms with Crippen molar-refractivity contribution in [2.24, 2.45) is 0 Å². The lowest BCUT2D eigenvalue weighted by Gasteiger charge is -2.35. The van der Waals surface area contributed by atoms with Crippen molar-refractivity contribution in [3.8, 4) is 5.75 Å². The summed E-state index contributed by atoms with van der Waals surface area (Å²) in [4.78, 5) is 32.3. The lowest BCUT2D eigenvalue weighted by molar-refractivity contribution is -0.115. The molecule has 2 fully saturated rings. The van der Waals surface area contributed by atoms with E-state index < -0.39 is 0 Å². The number of hydrogen-bond donors (Lipinski definition) is 1. The van der Waals surface area contributed by atoms with E-state index in [2.05, 4.69) is 20.1 Å². The Kier molecular flexibility index (Phi) is 6.12. The normalized spacial score (nSPS) is 18.9. The van der Waals surface area contributed by atoms with Gasteiger partial charge >= 0.3 is 0 Å². The van der Waals surface area contributed by atoms with E-state index in [9.17, 15) is 9.59 Å². The molecule has 8 heteroatoms. The lowest BCUT2D eigenvalue weighted by atomic mass is 10.2. The number of anilines is 1. The highest BCUT2D eigenvalue weighted by atomic mass is 32.2. The molecule has 1 aromatic carbocycles. The van der Waals surface area contributed by atoms with Gasteiger partial charge in [0.2, 0.25) is 0 Å². The molecule has 2 saturated heterocycles. The van der Waals surface area contributed by atoms with Crippen LogP contribution >= 0.6 is 11.8 Å². The first kappa shape index (κ1) is 19.5. The third kappa shape index (κ3) is 5.16. The number of ether oxygens (including phenoxy) is 1. The van der Waals surface area contributed by atoms with Crippen molar-refractivity contribution in [3.63, 3.8) is 0 Å². The quantitative estimate of drug-likeness (QED) is 0.734. The zero-order valence-electron chi connectivity index (χ0n) is 15.9. The molecule has 2 aliphatic heterocycles. The van der Waals surface area contributed by atoms with Crippen molar-refractivity contribution >= 4 is 34.8 Å². The summed E-state index contributed by atoms with van der Waals surface area (Å²) in [5, 5.41) is 1.92. The minimum atomic E-state index is -0.344. The maximum Gasteiger partial charge on any atom is 0.290 e. The molecule has 1 aromatic heterocycles. The van der Waals surface area contributed by atoms with Crippen molar-refractivity contribution in [2.45, 2.75) is 0 Å². The first-order chi connectivity index (χ1) is 14.2. The van der Waals surface area contributed by atoms with Gasteiger partial charge in [-0.15, -0.1) is 0 Å². The maximum atomic E-state index is 11.6. The number of carbonyl (C=O) groups excluding carboxylic acids is 2. The van der Waals surface area contributed by atoms with Crippen molar-refractivity contribution in [2.75, 3.05) is 44.2 Å². The predicted octanol–water partition coefficient (Wildman–Crippen LogP) is 2.61. The zero-order valence-corrected chi connectivity index (χ0v) is 16.7. The third-order valence-electron chi connectivity index (χ3n) is 4.84. The number of nitrogens with one attached hydrogen (secondary N) is 1. The van der Waals surface area contributed by atoms with Gasteiger partial charge in [0.1, 0.15) is 18.2 Å². The Hall–Kier alpha value is -2.84. The van der Waals surface area contributed by atoms with Crippen LogP contribution in [0, 0.1) is 0 Å². The summed E-state index contributed by atoms with van der Waals surface area (Å²) in [6.45, 7) is 5.41. The summed E-state index contributed by atoms with van der Waals surface area (Å²) < 4.78 is 5.86. The highest BCUT2D eigenvalue weighted by Gasteiger charge is 2.24. The van der Waals surface area contributed by atoms with Crippen LogP contribution in [0.3, 0.4) is 0 Å². The molecule has 0 unspecified atom stereocenters. The van der Waals surface area contributed by atoms with E-state index in [-0.39, 0.29) is 11.1 Å². The summed E-state index contributed by atoms with van der Waals surface area (Å²) >= 11 is 0.918. The fraction of sp³-hybridized carbons (Fsp3) is 0.286. The fourth-order valence-corrected chi connectivity index (χ4v) is 3.95. The molecule has 0 aliphatic carbocycles. The number of carbonyl (C=O) groups is 2. The average molecular weight is 410 g/mol. The zero-order chi connectivity index (χ0) is 20.1. The smallest absolute Gasteiger partial charge is 0.290 e. The maximum absolute atomic E-state index is 11.6. The molecule has 2 amide bonds. The second kappa shape index (κ2) is 9.11. The Labute approximate surface area is 173 Å². The van der Waals surface area contributed by atoms with Crippen LogP contribution in [-0.4, -0.2) is 60.4 Å². The van der Waals surface area contributed by atoms with E-state index >= 15 is 0 Å². The SMILES string of the molecule is O=C1NC(=O)C(=Cc2ccc(OCCN3CCN(c4ccccn4)CC3)cc2)S1. The molecular formula is C21H22N4O3S. The van der Waals surface area contributed by atoms with Crippen LogP contribution in [0.2, 0.25) is 0 Å². The summed E-state index contributed by atoms with van der Waals surface area (Å²) in [5.41, 5.74) is 0.857. The summed E-state index contributed by atoms with van der Waals surface area (Å²) in [5.74, 6) is 1.48. The largest absolute Gasteiger partial charge is 0.492 e. The van der Waals surface area contributed by atoms with E-state index in [4.69, 9.17) is 4.74 Å². The van der Waals surface area contributed by atoms with Crippen LogP contribution in [0.15, 0.2) is 53.6 Å². The highest BCUT2D eigenvalue weighted by molar-refractivity contribution is 8.18. The van der Waals surface area contributed by atoms with Gasteiger partial charge in [0.05, 0.1) is 4.91 Å². The van der Waals surface area contributed by atoms with Gasteiger partial charge in [-0.05, 0) is 47.7 Å². The van der Waals surface area contributed by atoms with Crippen LogP contribution in [0.4, 0.5) is 10.6 Å². The van der Waals surface area contributed by atoms with Crippen molar-refractivity contribution in [1.29, 1.82) is 0 Å². The fourth-order valence-electron chi connectivity index (χ4n) is 3.27. The Morgan fingerprint density at radius 3 is 2.52 bits per heavy atom. The number of hydrogen-bond acceptors (Lipinski definition) is 7. The molecule has 1 N–H and O–H groups in total. The Morgan fingerprint density at radius 1 is 1.07 bits per heavy atom. The molecule has 3 heterocycles. The highest BCUT2D eigenvalue weighted by Crippen LogP contribution is 2.26. The molecule has 4 rings (SSSR count). The average Bonchev–Trinajstić information content (AvgIpc) is 3.07. The van der Waals surface area contributed by atoms with Crippen LogP contribution < -0.4 is 15.0 Å². The number of amides is 2. The first-order valence-corrected chi connectivity index (χ1v) is 10.3.